The molecule has 1 rings (SSSR count). The summed E-state index contributed by atoms with van der Waals surface area (Å²) >= 11 is 0. The van der Waals surface area contributed by atoms with E-state index in [1.54, 1.807) is 0 Å². The molecule has 3 nitrogen and oxygen atoms in total. The van der Waals surface area contributed by atoms with Crippen LogP contribution in [0.15, 0.2) is 0 Å². The van der Waals surface area contributed by atoms with Crippen molar-refractivity contribution in [1.29, 1.82) is 0 Å². The van der Waals surface area contributed by atoms with Gasteiger partial charge in [0.2, 0.25) is 0 Å². The predicted octanol–water partition coefficient (Wildman–Crippen LogP) is 0.292. The van der Waals surface area contributed by atoms with E-state index in [9.17, 15) is 5.11 Å². The largest absolute Gasteiger partial charge is 0.388 e. The first-order valence-corrected chi connectivity index (χ1v) is 3.84. The summed E-state index contributed by atoms with van der Waals surface area (Å²) in [6.07, 6.45) is 1.56. The standard InChI is InChI=1S/C7H16N2O.2ClH/c1-6(8)7(10)2-4-9-5-3-7;;/h6,9-10H,2-5,8H2,1H3;2*1H. The molecule has 4 N–H and O–H groups in total. The van der Waals surface area contributed by atoms with Crippen molar-refractivity contribution < 1.29 is 5.11 Å². The predicted molar refractivity (Wildman–Crippen MR) is 55.2 cm³/mol. The van der Waals surface area contributed by atoms with Gasteiger partial charge in [0, 0.05) is 6.04 Å². The molecule has 0 aromatic rings. The van der Waals surface area contributed by atoms with E-state index in [4.69, 9.17) is 5.73 Å². The maximum absolute atomic E-state index is 9.78. The Balaban J connectivity index is 0. The normalized spacial score (nSPS) is 23.2. The summed E-state index contributed by atoms with van der Waals surface area (Å²) < 4.78 is 0. The summed E-state index contributed by atoms with van der Waals surface area (Å²) in [7, 11) is 0. The second-order valence-corrected chi connectivity index (χ2v) is 3.14. The molecule has 0 bridgehead atoms. The molecule has 1 heterocycles. The molecule has 0 radical (unpaired) electrons. The fraction of sp³-hybridized carbons (Fsp3) is 1.00. The number of hydrogen-bond acceptors (Lipinski definition) is 3. The van der Waals surface area contributed by atoms with Crippen LogP contribution < -0.4 is 11.1 Å². The van der Waals surface area contributed by atoms with Gasteiger partial charge in [-0.3, -0.25) is 0 Å². The van der Waals surface area contributed by atoms with Crippen LogP contribution in [0.4, 0.5) is 0 Å². The molecule has 0 aliphatic carbocycles. The van der Waals surface area contributed by atoms with Gasteiger partial charge in [0.25, 0.3) is 0 Å². The number of halogens is 2. The third-order valence-electron chi connectivity index (χ3n) is 2.32. The van der Waals surface area contributed by atoms with Gasteiger partial charge in [-0.1, -0.05) is 0 Å². The minimum absolute atomic E-state index is 0. The Kier molecular flexibility index (Phi) is 7.47. The quantitative estimate of drug-likeness (QED) is 0.591. The highest BCUT2D eigenvalue weighted by Crippen LogP contribution is 2.20. The van der Waals surface area contributed by atoms with Gasteiger partial charge in [0.05, 0.1) is 5.60 Å². The van der Waals surface area contributed by atoms with E-state index in [1.807, 2.05) is 6.92 Å². The first-order chi connectivity index (χ1) is 4.65. The lowest BCUT2D eigenvalue weighted by atomic mass is 9.86. The first kappa shape index (κ1) is 15.0. The number of piperidine rings is 1. The molecule has 0 aromatic carbocycles. The molecule has 1 atom stereocenters. The highest BCUT2D eigenvalue weighted by molar-refractivity contribution is 5.85. The van der Waals surface area contributed by atoms with Gasteiger partial charge in [-0.2, -0.15) is 0 Å². The van der Waals surface area contributed by atoms with Crippen molar-refractivity contribution in [1.82, 2.24) is 5.32 Å². The minimum Gasteiger partial charge on any atom is -0.388 e. The van der Waals surface area contributed by atoms with E-state index < -0.39 is 5.60 Å². The number of rotatable bonds is 1. The fourth-order valence-electron chi connectivity index (χ4n) is 1.32. The van der Waals surface area contributed by atoms with Crippen LogP contribution in [0.5, 0.6) is 0 Å². The highest BCUT2D eigenvalue weighted by Gasteiger charge is 2.32. The molecule has 0 amide bonds. The van der Waals surface area contributed by atoms with Crippen molar-refractivity contribution in [3.05, 3.63) is 0 Å². The summed E-state index contributed by atoms with van der Waals surface area (Å²) in [5.74, 6) is 0. The van der Waals surface area contributed by atoms with Crippen LogP contribution in [0, 0.1) is 0 Å². The zero-order valence-electron chi connectivity index (χ0n) is 7.25. The molecule has 1 aliphatic heterocycles. The lowest BCUT2D eigenvalue weighted by Gasteiger charge is -2.35. The maximum atomic E-state index is 9.78. The van der Waals surface area contributed by atoms with Gasteiger partial charge in [0.15, 0.2) is 0 Å². The number of nitrogens with two attached hydrogens (primary N) is 1. The van der Waals surface area contributed by atoms with E-state index in [1.165, 1.54) is 0 Å². The van der Waals surface area contributed by atoms with E-state index >= 15 is 0 Å². The smallest absolute Gasteiger partial charge is 0.0819 e. The monoisotopic (exact) mass is 216 g/mol. The Morgan fingerprint density at radius 2 is 1.75 bits per heavy atom. The summed E-state index contributed by atoms with van der Waals surface area (Å²) in [6, 6.07) is -0.102. The zero-order chi connectivity index (χ0) is 7.61. The van der Waals surface area contributed by atoms with Crippen molar-refractivity contribution in [2.75, 3.05) is 13.1 Å². The van der Waals surface area contributed by atoms with Crippen molar-refractivity contribution in [2.24, 2.45) is 5.73 Å². The molecule has 1 aliphatic rings. The highest BCUT2D eigenvalue weighted by atomic mass is 35.5. The van der Waals surface area contributed by atoms with Crippen molar-refractivity contribution in [3.63, 3.8) is 0 Å². The second kappa shape index (κ2) is 6.00. The van der Waals surface area contributed by atoms with E-state index in [0.29, 0.717) is 0 Å². The van der Waals surface area contributed by atoms with Gasteiger partial charge in [-0.05, 0) is 32.9 Å². The molecule has 1 unspecified atom stereocenters. The first-order valence-electron chi connectivity index (χ1n) is 3.84. The summed E-state index contributed by atoms with van der Waals surface area (Å²) in [5.41, 5.74) is 5.02. The average molecular weight is 217 g/mol. The molecule has 1 saturated heterocycles. The van der Waals surface area contributed by atoms with Crippen molar-refractivity contribution >= 4 is 24.8 Å². The van der Waals surface area contributed by atoms with Crippen LogP contribution in [-0.4, -0.2) is 29.8 Å². The molecule has 0 spiro atoms. The third-order valence-corrected chi connectivity index (χ3v) is 2.32. The van der Waals surface area contributed by atoms with Crippen LogP contribution in [0.2, 0.25) is 0 Å². The molecule has 1 fully saturated rings. The fourth-order valence-corrected chi connectivity index (χ4v) is 1.32. The van der Waals surface area contributed by atoms with Gasteiger partial charge in [0.1, 0.15) is 0 Å². The molecule has 12 heavy (non-hydrogen) atoms. The van der Waals surface area contributed by atoms with Crippen LogP contribution in [-0.2, 0) is 0 Å². The minimum atomic E-state index is -0.606. The van der Waals surface area contributed by atoms with Crippen molar-refractivity contribution in [3.8, 4) is 0 Å². The topological polar surface area (TPSA) is 58.3 Å². The Hall–Kier alpha value is 0.460. The maximum Gasteiger partial charge on any atom is 0.0819 e. The molecule has 0 saturated carbocycles. The zero-order valence-corrected chi connectivity index (χ0v) is 8.88. The second-order valence-electron chi connectivity index (χ2n) is 3.14. The Labute approximate surface area is 85.9 Å². The Bertz CT molecular complexity index is 116. The summed E-state index contributed by atoms with van der Waals surface area (Å²) in [6.45, 7) is 3.64. The molecule has 5 heteroatoms. The van der Waals surface area contributed by atoms with E-state index in [-0.39, 0.29) is 30.9 Å². The number of aliphatic hydroxyl groups is 1. The van der Waals surface area contributed by atoms with E-state index in [2.05, 4.69) is 5.32 Å². The lowest BCUT2D eigenvalue weighted by Crippen LogP contribution is -2.52. The molecule has 0 aromatic heterocycles. The number of hydrogen-bond donors (Lipinski definition) is 3. The van der Waals surface area contributed by atoms with Crippen molar-refractivity contribution in [2.45, 2.75) is 31.4 Å². The van der Waals surface area contributed by atoms with Crippen LogP contribution >= 0.6 is 24.8 Å². The summed E-state index contributed by atoms with van der Waals surface area (Å²) in [4.78, 5) is 0. The Morgan fingerprint density at radius 3 is 2.00 bits per heavy atom. The van der Waals surface area contributed by atoms with Gasteiger partial charge < -0.3 is 16.2 Å². The molecular formula is C7H18Cl2N2O. The average Bonchev–Trinajstić information content (AvgIpc) is 1.89. The SMILES string of the molecule is CC(N)C1(O)CCNCC1.Cl.Cl. The third kappa shape index (κ3) is 3.46. The number of nitrogens with one attached hydrogen (secondary N) is 1. The van der Waals surface area contributed by atoms with Crippen LogP contribution in [0.1, 0.15) is 19.8 Å². The van der Waals surface area contributed by atoms with Crippen LogP contribution in [0.3, 0.4) is 0 Å². The van der Waals surface area contributed by atoms with E-state index in [0.717, 1.165) is 25.9 Å². The van der Waals surface area contributed by atoms with Gasteiger partial charge in [-0.15, -0.1) is 24.8 Å². The van der Waals surface area contributed by atoms with Gasteiger partial charge in [-0.25, -0.2) is 0 Å². The molecular weight excluding hydrogens is 199 g/mol. The van der Waals surface area contributed by atoms with Gasteiger partial charge >= 0.3 is 0 Å². The van der Waals surface area contributed by atoms with Crippen LogP contribution in [0.25, 0.3) is 0 Å². The Morgan fingerprint density at radius 1 is 1.33 bits per heavy atom. The summed E-state index contributed by atoms with van der Waals surface area (Å²) in [5, 5.41) is 13.0. The molecule has 76 valence electrons. The lowest BCUT2D eigenvalue weighted by molar-refractivity contribution is -0.00832.